The van der Waals surface area contributed by atoms with Crippen molar-refractivity contribution in [1.82, 2.24) is 0 Å². The molecule has 0 bridgehead atoms. The summed E-state index contributed by atoms with van der Waals surface area (Å²) in [7, 11) is 1.51. The van der Waals surface area contributed by atoms with Crippen LogP contribution in [0.4, 0.5) is 8.78 Å². The summed E-state index contributed by atoms with van der Waals surface area (Å²) in [5.74, 6) is -0.199. The van der Waals surface area contributed by atoms with Gasteiger partial charge in [-0.2, -0.15) is 0 Å². The van der Waals surface area contributed by atoms with Gasteiger partial charge in [0.2, 0.25) is 0 Å². The summed E-state index contributed by atoms with van der Waals surface area (Å²) in [6, 6.07) is 7.67. The van der Waals surface area contributed by atoms with Crippen molar-refractivity contribution in [2.45, 2.75) is 45.9 Å². The van der Waals surface area contributed by atoms with Crippen LogP contribution in [0.3, 0.4) is 0 Å². The molecule has 0 aliphatic carbocycles. The molecule has 0 saturated heterocycles. The summed E-state index contributed by atoms with van der Waals surface area (Å²) in [4.78, 5) is 0. The van der Waals surface area contributed by atoms with Crippen LogP contribution in [0.1, 0.15) is 44.7 Å². The zero-order chi connectivity index (χ0) is 18.6. The highest BCUT2D eigenvalue weighted by molar-refractivity contribution is 6.17. The van der Waals surface area contributed by atoms with Crippen molar-refractivity contribution in [2.24, 2.45) is 5.41 Å². The molecule has 0 fully saturated rings. The van der Waals surface area contributed by atoms with Crippen molar-refractivity contribution in [3.8, 4) is 16.9 Å². The summed E-state index contributed by atoms with van der Waals surface area (Å²) in [6.07, 6.45) is 2.68. The SMILES string of the molecule is CCCC(C)(C)Cc1cc(CCl)cc(F)c1-c1cc(OC)ccc1F. The Hall–Kier alpha value is -1.61. The monoisotopic (exact) mass is 366 g/mol. The lowest BCUT2D eigenvalue weighted by Crippen LogP contribution is -2.16. The van der Waals surface area contributed by atoms with E-state index in [4.69, 9.17) is 16.3 Å². The molecule has 0 heterocycles. The molecule has 0 radical (unpaired) electrons. The van der Waals surface area contributed by atoms with E-state index in [0.717, 1.165) is 18.4 Å². The first-order chi connectivity index (χ1) is 11.8. The maximum atomic E-state index is 14.9. The molecule has 1 nitrogen and oxygen atoms in total. The normalized spacial score (nSPS) is 11.6. The van der Waals surface area contributed by atoms with Gasteiger partial charge in [0.1, 0.15) is 17.4 Å². The van der Waals surface area contributed by atoms with E-state index in [0.29, 0.717) is 23.3 Å². The Morgan fingerprint density at radius 2 is 1.80 bits per heavy atom. The molecule has 0 N–H and O–H groups in total. The maximum Gasteiger partial charge on any atom is 0.131 e. The molecule has 0 aliphatic heterocycles. The Balaban J connectivity index is 2.64. The molecule has 0 saturated carbocycles. The second-order valence-electron chi connectivity index (χ2n) is 7.18. The maximum absolute atomic E-state index is 14.9. The van der Waals surface area contributed by atoms with E-state index >= 15 is 0 Å². The highest BCUT2D eigenvalue weighted by Gasteiger charge is 2.23. The van der Waals surface area contributed by atoms with Crippen LogP contribution in [0.2, 0.25) is 0 Å². The number of hydrogen-bond acceptors (Lipinski definition) is 1. The number of methoxy groups -OCH3 is 1. The molecule has 0 amide bonds. The van der Waals surface area contributed by atoms with Gasteiger partial charge in [-0.15, -0.1) is 11.6 Å². The summed E-state index contributed by atoms with van der Waals surface area (Å²) >= 11 is 5.92. The van der Waals surface area contributed by atoms with Crippen molar-refractivity contribution in [3.05, 3.63) is 53.1 Å². The van der Waals surface area contributed by atoms with E-state index in [-0.39, 0.29) is 16.9 Å². The molecular weight excluding hydrogens is 342 g/mol. The largest absolute Gasteiger partial charge is 0.497 e. The van der Waals surface area contributed by atoms with E-state index in [2.05, 4.69) is 20.8 Å². The predicted molar refractivity (Wildman–Crippen MR) is 100 cm³/mol. The minimum absolute atomic E-state index is 0.0176. The van der Waals surface area contributed by atoms with E-state index in [9.17, 15) is 8.78 Å². The number of ether oxygens (including phenoxy) is 1. The van der Waals surface area contributed by atoms with Gasteiger partial charge in [-0.1, -0.05) is 33.3 Å². The zero-order valence-electron chi connectivity index (χ0n) is 15.3. The van der Waals surface area contributed by atoms with Gasteiger partial charge in [-0.3, -0.25) is 0 Å². The van der Waals surface area contributed by atoms with Crippen LogP contribution in [-0.2, 0) is 12.3 Å². The van der Waals surface area contributed by atoms with E-state index in [1.165, 1.54) is 25.3 Å². The Labute approximate surface area is 154 Å². The Morgan fingerprint density at radius 1 is 1.08 bits per heavy atom. The van der Waals surface area contributed by atoms with Gasteiger partial charge >= 0.3 is 0 Å². The smallest absolute Gasteiger partial charge is 0.131 e. The van der Waals surface area contributed by atoms with Gasteiger partial charge in [-0.25, -0.2) is 8.78 Å². The highest BCUT2D eigenvalue weighted by Crippen LogP contribution is 2.37. The van der Waals surface area contributed by atoms with Gasteiger partial charge in [0.05, 0.1) is 7.11 Å². The molecule has 0 unspecified atom stereocenters. The number of halogens is 3. The van der Waals surface area contributed by atoms with Crippen molar-refractivity contribution < 1.29 is 13.5 Å². The molecule has 2 aromatic rings. The molecule has 25 heavy (non-hydrogen) atoms. The predicted octanol–water partition coefficient (Wildman–Crippen LogP) is 6.75. The third kappa shape index (κ3) is 4.72. The minimum Gasteiger partial charge on any atom is -0.497 e. The first-order valence-corrected chi connectivity index (χ1v) is 9.06. The second-order valence-corrected chi connectivity index (χ2v) is 7.45. The van der Waals surface area contributed by atoms with Crippen molar-refractivity contribution in [2.75, 3.05) is 7.11 Å². The third-order valence-corrected chi connectivity index (χ3v) is 4.73. The van der Waals surface area contributed by atoms with Gasteiger partial charge in [0.15, 0.2) is 0 Å². The number of alkyl halides is 1. The van der Waals surface area contributed by atoms with Crippen molar-refractivity contribution >= 4 is 11.6 Å². The number of hydrogen-bond donors (Lipinski definition) is 0. The number of rotatable bonds is 7. The lowest BCUT2D eigenvalue weighted by molar-refractivity contribution is 0.329. The summed E-state index contributed by atoms with van der Waals surface area (Å²) < 4.78 is 34.5. The topological polar surface area (TPSA) is 9.23 Å². The molecule has 2 aromatic carbocycles. The molecule has 0 spiro atoms. The average Bonchev–Trinajstić information content (AvgIpc) is 2.55. The van der Waals surface area contributed by atoms with Gasteiger partial charge in [0, 0.05) is 17.0 Å². The first kappa shape index (κ1) is 19.7. The standard InChI is InChI=1S/C21H25ClF2O/c1-5-8-21(2,3)12-15-9-14(13-22)10-19(24)20(15)17-11-16(25-4)6-7-18(17)23/h6-7,9-11H,5,8,12-13H2,1-4H3. The van der Waals surface area contributed by atoms with Crippen LogP contribution in [0.25, 0.3) is 11.1 Å². The fourth-order valence-electron chi connectivity index (χ4n) is 3.35. The molecule has 0 atom stereocenters. The van der Waals surface area contributed by atoms with E-state index in [1.54, 1.807) is 6.07 Å². The zero-order valence-corrected chi connectivity index (χ0v) is 16.0. The second kappa shape index (κ2) is 8.18. The quantitative estimate of drug-likeness (QED) is 0.492. The summed E-state index contributed by atoms with van der Waals surface area (Å²) in [5.41, 5.74) is 1.99. The first-order valence-electron chi connectivity index (χ1n) is 8.52. The van der Waals surface area contributed by atoms with Gasteiger partial charge in [-0.05, 0) is 53.6 Å². The lowest BCUT2D eigenvalue weighted by Gasteiger charge is -2.26. The molecule has 2 rings (SSSR count). The number of benzene rings is 2. The van der Waals surface area contributed by atoms with Crippen LogP contribution in [0.15, 0.2) is 30.3 Å². The summed E-state index contributed by atoms with van der Waals surface area (Å²) in [5, 5.41) is 0. The average molecular weight is 367 g/mol. The third-order valence-electron chi connectivity index (χ3n) is 4.42. The molecular formula is C21H25ClF2O. The fourth-order valence-corrected chi connectivity index (χ4v) is 3.50. The van der Waals surface area contributed by atoms with Gasteiger partial charge in [0.25, 0.3) is 0 Å². The van der Waals surface area contributed by atoms with Crippen LogP contribution >= 0.6 is 11.6 Å². The van der Waals surface area contributed by atoms with Crippen LogP contribution in [0.5, 0.6) is 5.75 Å². The van der Waals surface area contributed by atoms with Crippen LogP contribution in [0, 0.1) is 17.0 Å². The lowest BCUT2D eigenvalue weighted by atomic mass is 9.79. The van der Waals surface area contributed by atoms with Crippen LogP contribution < -0.4 is 4.74 Å². The fraction of sp³-hybridized carbons (Fsp3) is 0.429. The molecule has 0 aromatic heterocycles. The Bertz CT molecular complexity index is 741. The Kier molecular flexibility index (Phi) is 6.45. The van der Waals surface area contributed by atoms with E-state index in [1.807, 2.05) is 6.07 Å². The molecule has 136 valence electrons. The minimum atomic E-state index is -0.465. The molecule has 4 heteroatoms. The van der Waals surface area contributed by atoms with Crippen molar-refractivity contribution in [3.63, 3.8) is 0 Å². The molecule has 0 aliphatic rings. The van der Waals surface area contributed by atoms with Gasteiger partial charge < -0.3 is 4.74 Å². The van der Waals surface area contributed by atoms with Crippen LogP contribution in [-0.4, -0.2) is 7.11 Å². The van der Waals surface area contributed by atoms with Crippen molar-refractivity contribution in [1.29, 1.82) is 0 Å². The van der Waals surface area contributed by atoms with E-state index < -0.39 is 11.6 Å². The Morgan fingerprint density at radius 3 is 2.40 bits per heavy atom. The summed E-state index contributed by atoms with van der Waals surface area (Å²) in [6.45, 7) is 6.42. The highest BCUT2D eigenvalue weighted by atomic mass is 35.5.